The van der Waals surface area contributed by atoms with Crippen molar-refractivity contribution in [3.63, 3.8) is 0 Å². The first-order valence-corrected chi connectivity index (χ1v) is 4.01. The van der Waals surface area contributed by atoms with Gasteiger partial charge in [0.05, 0.1) is 7.11 Å². The lowest BCUT2D eigenvalue weighted by molar-refractivity contribution is -0.144. The van der Waals surface area contributed by atoms with Crippen LogP contribution >= 0.6 is 9.39 Å². The molecule has 5 heteroatoms. The monoisotopic (exact) mass is 176 g/mol. The van der Waals surface area contributed by atoms with E-state index in [1.165, 1.54) is 7.11 Å². The van der Waals surface area contributed by atoms with Crippen LogP contribution < -0.4 is 5.73 Å². The number of carbonyl (C=O) groups excluding carboxylic acids is 1. The summed E-state index contributed by atoms with van der Waals surface area (Å²) in [5.74, 6) is -0.201. The molecule has 11 heavy (non-hydrogen) atoms. The van der Waals surface area contributed by atoms with Crippen molar-refractivity contribution in [1.29, 1.82) is 0 Å². The highest BCUT2D eigenvalue weighted by Gasteiger charge is 2.33. The van der Waals surface area contributed by atoms with Crippen LogP contribution in [0.5, 0.6) is 0 Å². The average Bonchev–Trinajstić information content (AvgIpc) is 2.28. The van der Waals surface area contributed by atoms with Gasteiger partial charge in [0.25, 0.3) is 0 Å². The van der Waals surface area contributed by atoms with E-state index in [2.05, 4.69) is 14.1 Å². The summed E-state index contributed by atoms with van der Waals surface area (Å²) in [6.45, 7) is 0.741. The summed E-state index contributed by atoms with van der Waals surface area (Å²) in [5, 5.41) is 0. The first-order valence-electron chi connectivity index (χ1n) is 3.50. The molecule has 4 nitrogen and oxygen atoms in total. The molecule has 0 aromatic carbocycles. The number of hydrogen-bond donors (Lipinski definition) is 1. The van der Waals surface area contributed by atoms with Gasteiger partial charge in [0, 0.05) is 12.6 Å². The zero-order chi connectivity index (χ0) is 8.43. The number of carbonyl (C=O) groups is 1. The van der Waals surface area contributed by atoms with Crippen LogP contribution in [0.3, 0.4) is 0 Å². The molecule has 1 heterocycles. The first kappa shape index (κ1) is 8.91. The van der Waals surface area contributed by atoms with Gasteiger partial charge in [-0.1, -0.05) is 9.39 Å². The van der Waals surface area contributed by atoms with Gasteiger partial charge in [0.15, 0.2) is 0 Å². The molecule has 0 aromatic heterocycles. The van der Waals surface area contributed by atoms with Crippen molar-refractivity contribution in [2.45, 2.75) is 18.5 Å². The lowest BCUT2D eigenvalue weighted by atomic mass is 10.2. The maximum Gasteiger partial charge on any atom is 0.323 e. The van der Waals surface area contributed by atoms with Crippen LogP contribution in [-0.4, -0.2) is 36.4 Å². The van der Waals surface area contributed by atoms with E-state index in [0.29, 0.717) is 6.42 Å². The van der Waals surface area contributed by atoms with Crippen LogP contribution in [0.2, 0.25) is 0 Å². The van der Waals surface area contributed by atoms with Crippen LogP contribution in [0.4, 0.5) is 0 Å². The number of nitrogens with zero attached hydrogens (tertiary/aromatic N) is 1. The molecule has 64 valence electrons. The minimum Gasteiger partial charge on any atom is -0.468 e. The number of rotatable bonds is 1. The zero-order valence-electron chi connectivity index (χ0n) is 6.49. The highest BCUT2D eigenvalue weighted by molar-refractivity contribution is 7.13. The lowest BCUT2D eigenvalue weighted by Gasteiger charge is -2.15. The molecule has 0 amide bonds. The molecule has 1 aliphatic rings. The third-order valence-corrected chi connectivity index (χ3v) is 2.42. The molecule has 0 saturated carbocycles. The molecule has 0 radical (unpaired) electrons. The Kier molecular flexibility index (Phi) is 2.82. The predicted octanol–water partition coefficient (Wildman–Crippen LogP) is -0.649. The first-order chi connectivity index (χ1) is 5.15. The molecule has 1 rings (SSSR count). The van der Waals surface area contributed by atoms with E-state index in [0.717, 1.165) is 6.54 Å². The van der Waals surface area contributed by atoms with Crippen LogP contribution in [-0.2, 0) is 9.53 Å². The Labute approximate surface area is 68.3 Å². The fourth-order valence-electron chi connectivity index (χ4n) is 1.26. The minimum atomic E-state index is -0.201. The van der Waals surface area contributed by atoms with Gasteiger partial charge in [0.2, 0.25) is 0 Å². The molecule has 3 atom stereocenters. The van der Waals surface area contributed by atoms with Gasteiger partial charge in [-0.3, -0.25) is 9.46 Å². The third kappa shape index (κ3) is 1.89. The molecule has 1 fully saturated rings. The summed E-state index contributed by atoms with van der Waals surface area (Å²) in [6.07, 6.45) is 0.691. The van der Waals surface area contributed by atoms with Crippen molar-refractivity contribution in [2.75, 3.05) is 13.7 Å². The molecule has 0 bridgehead atoms. The van der Waals surface area contributed by atoms with Gasteiger partial charge >= 0.3 is 5.97 Å². The fourth-order valence-corrected chi connectivity index (χ4v) is 1.78. The fraction of sp³-hybridized carbons (Fsp3) is 0.833. The number of nitrogens with two attached hydrogens (primary N) is 1. The number of hydrogen-bond acceptors (Lipinski definition) is 4. The minimum absolute atomic E-state index is 0.0941. The maximum atomic E-state index is 11.0. The van der Waals surface area contributed by atoms with Crippen LogP contribution in [0, 0.1) is 0 Å². The summed E-state index contributed by atoms with van der Waals surface area (Å²) in [6, 6.07) is -0.0726. The molecule has 0 aromatic rings. The van der Waals surface area contributed by atoms with Gasteiger partial charge in [-0.05, 0) is 6.42 Å². The lowest BCUT2D eigenvalue weighted by Crippen LogP contribution is -2.29. The van der Waals surface area contributed by atoms with E-state index in [1.807, 2.05) is 4.67 Å². The molecule has 3 unspecified atom stereocenters. The van der Waals surface area contributed by atoms with Crippen molar-refractivity contribution in [2.24, 2.45) is 5.73 Å². The van der Waals surface area contributed by atoms with Crippen LogP contribution in [0.1, 0.15) is 6.42 Å². The normalized spacial score (nSPS) is 32.3. The number of ether oxygens (including phenoxy) is 1. The third-order valence-electron chi connectivity index (χ3n) is 1.84. The van der Waals surface area contributed by atoms with Gasteiger partial charge in [-0.2, -0.15) is 0 Å². The van der Waals surface area contributed by atoms with E-state index < -0.39 is 0 Å². The van der Waals surface area contributed by atoms with Gasteiger partial charge in [-0.25, -0.2) is 0 Å². The van der Waals surface area contributed by atoms with Crippen molar-refractivity contribution in [3.05, 3.63) is 0 Å². The second kappa shape index (κ2) is 3.48. The van der Waals surface area contributed by atoms with Crippen molar-refractivity contribution >= 4 is 15.4 Å². The van der Waals surface area contributed by atoms with E-state index in [9.17, 15) is 4.79 Å². The van der Waals surface area contributed by atoms with Crippen molar-refractivity contribution in [3.8, 4) is 0 Å². The molecule has 0 aliphatic carbocycles. The quantitative estimate of drug-likeness (QED) is 0.426. The zero-order valence-corrected chi connectivity index (χ0v) is 7.64. The van der Waals surface area contributed by atoms with Crippen molar-refractivity contribution < 1.29 is 9.53 Å². The Morgan fingerprint density at radius 2 is 2.45 bits per heavy atom. The molecular formula is C6H13N2O2P. The van der Waals surface area contributed by atoms with Crippen LogP contribution in [0.15, 0.2) is 0 Å². The Bertz CT molecular complexity index is 165. The topological polar surface area (TPSA) is 55.6 Å². The largest absolute Gasteiger partial charge is 0.468 e. The number of methoxy groups -OCH3 is 1. The highest BCUT2D eigenvalue weighted by Crippen LogP contribution is 2.20. The molecule has 2 N–H and O–H groups in total. The standard InChI is InChI=1S/C6H13N2O2P/c1-10-6(9)5-2-4(7)3-8(5)11/h4-5H,2-3,7,11H2,1H3. The summed E-state index contributed by atoms with van der Waals surface area (Å²) >= 11 is 0. The molecule has 1 aliphatic heterocycles. The molecule has 0 spiro atoms. The second-order valence-corrected chi connectivity index (χ2v) is 3.39. The summed E-state index contributed by atoms with van der Waals surface area (Å²) in [4.78, 5) is 11.0. The highest BCUT2D eigenvalue weighted by atomic mass is 31.0. The summed E-state index contributed by atoms with van der Waals surface area (Å²) < 4.78 is 6.45. The van der Waals surface area contributed by atoms with Gasteiger partial charge in [-0.15, -0.1) is 0 Å². The Balaban J connectivity index is 2.52. The number of esters is 1. The van der Waals surface area contributed by atoms with Crippen molar-refractivity contribution in [1.82, 2.24) is 4.67 Å². The van der Waals surface area contributed by atoms with E-state index in [4.69, 9.17) is 5.73 Å². The SMILES string of the molecule is COC(=O)C1CC(N)CN1P. The Morgan fingerprint density at radius 3 is 2.82 bits per heavy atom. The summed E-state index contributed by atoms with van der Waals surface area (Å²) in [5.41, 5.74) is 5.65. The van der Waals surface area contributed by atoms with Gasteiger partial charge in [0.1, 0.15) is 6.04 Å². The Morgan fingerprint density at radius 1 is 1.82 bits per heavy atom. The predicted molar refractivity (Wildman–Crippen MR) is 44.8 cm³/mol. The van der Waals surface area contributed by atoms with E-state index in [-0.39, 0.29) is 18.1 Å². The van der Waals surface area contributed by atoms with E-state index >= 15 is 0 Å². The second-order valence-electron chi connectivity index (χ2n) is 2.73. The smallest absolute Gasteiger partial charge is 0.323 e. The van der Waals surface area contributed by atoms with Gasteiger partial charge < -0.3 is 10.5 Å². The molecule has 1 saturated heterocycles. The Hall–Kier alpha value is -0.180. The average molecular weight is 176 g/mol. The summed E-state index contributed by atoms with van der Waals surface area (Å²) in [7, 11) is 3.88. The maximum absolute atomic E-state index is 11.0. The van der Waals surface area contributed by atoms with Crippen LogP contribution in [0.25, 0.3) is 0 Å². The van der Waals surface area contributed by atoms with E-state index in [1.54, 1.807) is 0 Å². The molecular weight excluding hydrogens is 163 g/mol.